The molecule has 0 fully saturated rings. The third-order valence-electron chi connectivity index (χ3n) is 5.91. The van der Waals surface area contributed by atoms with Crippen molar-refractivity contribution in [2.45, 2.75) is 52.1 Å². The molecule has 184 valence electrons. The van der Waals surface area contributed by atoms with Gasteiger partial charge in [-0.25, -0.2) is 0 Å². The van der Waals surface area contributed by atoms with Gasteiger partial charge in [0.2, 0.25) is 11.8 Å². The first kappa shape index (κ1) is 26.8. The number of rotatable bonds is 11. The Bertz CT molecular complexity index is 1120. The summed E-state index contributed by atoms with van der Waals surface area (Å²) in [5, 5.41) is 3.91. The molecule has 1 N–H and O–H groups in total. The number of amides is 2. The average molecular weight is 511 g/mol. The number of hydrogen-bond acceptors (Lipinski definition) is 2. The predicted octanol–water partition coefficient (Wildman–Crippen LogP) is 6.40. The number of nitrogens with zero attached hydrogens (tertiary/aromatic N) is 1. The summed E-state index contributed by atoms with van der Waals surface area (Å²) >= 11 is 12.4. The normalized spacial score (nSPS) is 11.7. The van der Waals surface area contributed by atoms with Crippen LogP contribution in [-0.4, -0.2) is 29.3 Å². The fourth-order valence-corrected chi connectivity index (χ4v) is 4.20. The van der Waals surface area contributed by atoms with Crippen molar-refractivity contribution in [2.24, 2.45) is 0 Å². The summed E-state index contributed by atoms with van der Waals surface area (Å²) in [4.78, 5) is 28.8. The van der Waals surface area contributed by atoms with Crippen LogP contribution in [0.3, 0.4) is 0 Å². The lowest BCUT2D eigenvalue weighted by atomic mass is 10.0. The van der Waals surface area contributed by atoms with Crippen LogP contribution in [0.15, 0.2) is 72.8 Å². The van der Waals surface area contributed by atoms with Crippen LogP contribution in [0.1, 0.15) is 42.0 Å². The standard InChI is InChI=1S/C29H32Cl2N2O2/c1-3-4-16-32-29(35)27(18-22-8-6-5-7-9-22)33(20-24-14-15-25(30)26(31)17-24)28(34)19-23-12-10-21(2)11-13-23/h5-15,17,27H,3-4,16,18-20H2,1-2H3,(H,32,35)/t27-/m0/s1. The minimum absolute atomic E-state index is 0.119. The molecule has 0 spiro atoms. The summed E-state index contributed by atoms with van der Waals surface area (Å²) in [7, 11) is 0. The summed E-state index contributed by atoms with van der Waals surface area (Å²) in [6.45, 7) is 4.92. The lowest BCUT2D eigenvalue weighted by molar-refractivity contribution is -0.140. The van der Waals surface area contributed by atoms with E-state index in [1.54, 1.807) is 17.0 Å². The second-order valence-corrected chi connectivity index (χ2v) is 9.60. The molecule has 0 aliphatic heterocycles. The van der Waals surface area contributed by atoms with E-state index < -0.39 is 6.04 Å². The van der Waals surface area contributed by atoms with Crippen molar-refractivity contribution in [3.8, 4) is 0 Å². The summed E-state index contributed by atoms with van der Waals surface area (Å²) < 4.78 is 0. The highest BCUT2D eigenvalue weighted by molar-refractivity contribution is 6.42. The van der Waals surface area contributed by atoms with Gasteiger partial charge in [-0.3, -0.25) is 9.59 Å². The fourth-order valence-electron chi connectivity index (χ4n) is 3.88. The van der Waals surface area contributed by atoms with Crippen molar-refractivity contribution >= 4 is 35.0 Å². The molecule has 4 nitrogen and oxygen atoms in total. The van der Waals surface area contributed by atoms with E-state index in [4.69, 9.17) is 23.2 Å². The van der Waals surface area contributed by atoms with Crippen LogP contribution in [0.25, 0.3) is 0 Å². The Balaban J connectivity index is 1.95. The molecule has 0 heterocycles. The Morgan fingerprint density at radius 1 is 0.886 bits per heavy atom. The molecule has 0 aromatic heterocycles. The van der Waals surface area contributed by atoms with E-state index in [1.165, 1.54) is 0 Å². The number of hydrogen-bond donors (Lipinski definition) is 1. The molecule has 6 heteroatoms. The maximum absolute atomic E-state index is 13.7. The van der Waals surface area contributed by atoms with E-state index in [1.807, 2.05) is 67.6 Å². The van der Waals surface area contributed by atoms with E-state index in [9.17, 15) is 9.59 Å². The van der Waals surface area contributed by atoms with Gasteiger partial charge in [0.05, 0.1) is 16.5 Å². The highest BCUT2D eigenvalue weighted by Crippen LogP contribution is 2.24. The highest BCUT2D eigenvalue weighted by atomic mass is 35.5. The zero-order valence-corrected chi connectivity index (χ0v) is 21.8. The number of carbonyl (C=O) groups excluding carboxylic acids is 2. The molecule has 3 aromatic rings. The van der Waals surface area contributed by atoms with Gasteiger partial charge in [0, 0.05) is 19.5 Å². The quantitative estimate of drug-likeness (QED) is 0.303. The third kappa shape index (κ3) is 8.12. The number of nitrogens with one attached hydrogen (secondary N) is 1. The minimum Gasteiger partial charge on any atom is -0.354 e. The predicted molar refractivity (Wildman–Crippen MR) is 144 cm³/mol. The molecule has 0 radical (unpaired) electrons. The van der Waals surface area contributed by atoms with E-state index in [0.29, 0.717) is 23.0 Å². The van der Waals surface area contributed by atoms with Crippen LogP contribution in [0.5, 0.6) is 0 Å². The molecule has 0 aliphatic rings. The first-order chi connectivity index (χ1) is 16.9. The van der Waals surface area contributed by atoms with Crippen LogP contribution < -0.4 is 5.32 Å². The summed E-state index contributed by atoms with van der Waals surface area (Å²) in [6, 6.07) is 22.3. The molecule has 3 aromatic carbocycles. The number of aryl methyl sites for hydroxylation is 1. The lowest BCUT2D eigenvalue weighted by Gasteiger charge is -2.32. The van der Waals surface area contributed by atoms with Gasteiger partial charge in [0.25, 0.3) is 0 Å². The van der Waals surface area contributed by atoms with Crippen LogP contribution in [0.2, 0.25) is 10.0 Å². The zero-order valence-electron chi connectivity index (χ0n) is 20.3. The van der Waals surface area contributed by atoms with Crippen LogP contribution >= 0.6 is 23.2 Å². The largest absolute Gasteiger partial charge is 0.354 e. The van der Waals surface area contributed by atoms with Crippen LogP contribution in [0.4, 0.5) is 0 Å². The van der Waals surface area contributed by atoms with Gasteiger partial charge in [0.1, 0.15) is 6.04 Å². The molecular weight excluding hydrogens is 479 g/mol. The van der Waals surface area contributed by atoms with E-state index in [2.05, 4.69) is 12.2 Å². The van der Waals surface area contributed by atoms with Crippen molar-refractivity contribution in [1.29, 1.82) is 0 Å². The maximum atomic E-state index is 13.7. The Labute approximate surface area is 218 Å². The van der Waals surface area contributed by atoms with Gasteiger partial charge in [-0.05, 0) is 42.2 Å². The van der Waals surface area contributed by atoms with Crippen molar-refractivity contribution in [1.82, 2.24) is 10.2 Å². The second kappa shape index (κ2) is 13.3. The minimum atomic E-state index is -0.665. The topological polar surface area (TPSA) is 49.4 Å². The fraction of sp³-hybridized carbons (Fsp3) is 0.310. The highest BCUT2D eigenvalue weighted by Gasteiger charge is 2.30. The van der Waals surface area contributed by atoms with Crippen LogP contribution in [0, 0.1) is 6.92 Å². The van der Waals surface area contributed by atoms with Crippen LogP contribution in [-0.2, 0) is 29.0 Å². The summed E-state index contributed by atoms with van der Waals surface area (Å²) in [5.41, 5.74) is 3.84. The summed E-state index contributed by atoms with van der Waals surface area (Å²) in [5.74, 6) is -0.272. The van der Waals surface area contributed by atoms with E-state index >= 15 is 0 Å². The molecule has 1 atom stereocenters. The molecular formula is C29H32Cl2N2O2. The Hall–Kier alpha value is -2.82. The molecule has 0 bridgehead atoms. The smallest absolute Gasteiger partial charge is 0.243 e. The van der Waals surface area contributed by atoms with Crippen molar-refractivity contribution in [2.75, 3.05) is 6.54 Å². The third-order valence-corrected chi connectivity index (χ3v) is 6.65. The number of unbranched alkanes of at least 4 members (excludes halogenated alkanes) is 1. The number of carbonyl (C=O) groups is 2. The first-order valence-corrected chi connectivity index (χ1v) is 12.7. The SMILES string of the molecule is CCCCNC(=O)[C@H](Cc1ccccc1)N(Cc1ccc(Cl)c(Cl)c1)C(=O)Cc1ccc(C)cc1. The average Bonchev–Trinajstić information content (AvgIpc) is 2.85. The molecule has 3 rings (SSSR count). The van der Waals surface area contributed by atoms with Gasteiger partial charge in [-0.15, -0.1) is 0 Å². The molecule has 0 aliphatic carbocycles. The second-order valence-electron chi connectivity index (χ2n) is 8.78. The molecule has 0 unspecified atom stereocenters. The van der Waals surface area contributed by atoms with Crippen molar-refractivity contribution < 1.29 is 9.59 Å². The number of halogens is 2. The first-order valence-electron chi connectivity index (χ1n) is 12.0. The molecule has 0 saturated heterocycles. The van der Waals surface area contributed by atoms with E-state index in [-0.39, 0.29) is 24.8 Å². The monoisotopic (exact) mass is 510 g/mol. The Morgan fingerprint density at radius 2 is 1.57 bits per heavy atom. The van der Waals surface area contributed by atoms with Crippen molar-refractivity contribution in [3.05, 3.63) is 105 Å². The summed E-state index contributed by atoms with van der Waals surface area (Å²) in [6.07, 6.45) is 2.48. The molecule has 35 heavy (non-hydrogen) atoms. The maximum Gasteiger partial charge on any atom is 0.243 e. The lowest BCUT2D eigenvalue weighted by Crippen LogP contribution is -2.51. The molecule has 2 amide bonds. The van der Waals surface area contributed by atoms with Gasteiger partial charge >= 0.3 is 0 Å². The number of benzene rings is 3. The Kier molecular flexibility index (Phi) is 10.2. The van der Waals surface area contributed by atoms with Crippen molar-refractivity contribution in [3.63, 3.8) is 0 Å². The van der Waals surface area contributed by atoms with Gasteiger partial charge in [-0.1, -0.05) is 103 Å². The van der Waals surface area contributed by atoms with E-state index in [0.717, 1.165) is 35.1 Å². The van der Waals surface area contributed by atoms with Gasteiger partial charge < -0.3 is 10.2 Å². The zero-order chi connectivity index (χ0) is 25.2. The van der Waals surface area contributed by atoms with Gasteiger partial charge in [-0.2, -0.15) is 0 Å². The Morgan fingerprint density at radius 3 is 2.23 bits per heavy atom. The molecule has 0 saturated carbocycles. The van der Waals surface area contributed by atoms with Gasteiger partial charge in [0.15, 0.2) is 0 Å².